The topological polar surface area (TPSA) is 66.4 Å². The molecule has 2 N–H and O–H groups in total. The van der Waals surface area contributed by atoms with E-state index in [-0.39, 0.29) is 24.0 Å². The van der Waals surface area contributed by atoms with E-state index in [2.05, 4.69) is 5.32 Å². The summed E-state index contributed by atoms with van der Waals surface area (Å²) < 4.78 is 43.8. The molecule has 0 bridgehead atoms. The fourth-order valence-corrected chi connectivity index (χ4v) is 3.15. The molecule has 168 valence electrons. The summed E-state index contributed by atoms with van der Waals surface area (Å²) in [5.41, 5.74) is -0.910. The lowest BCUT2D eigenvalue weighted by Crippen LogP contribution is -2.31. The molecule has 1 amide bonds. The van der Waals surface area contributed by atoms with Crippen LogP contribution in [0.25, 0.3) is 0 Å². The highest BCUT2D eigenvalue weighted by Crippen LogP contribution is 2.39. The average molecular weight is 435 g/mol. The van der Waals surface area contributed by atoms with Gasteiger partial charge in [-0.15, -0.1) is 0 Å². The van der Waals surface area contributed by atoms with Crippen LogP contribution in [-0.4, -0.2) is 16.8 Å². The van der Waals surface area contributed by atoms with E-state index in [1.54, 1.807) is 27.7 Å². The minimum absolute atomic E-state index is 0.0936. The van der Waals surface area contributed by atoms with Crippen molar-refractivity contribution in [1.29, 1.82) is 0 Å². The smallest absolute Gasteiger partial charge is 0.330 e. The molecule has 1 atom stereocenters. The highest BCUT2D eigenvalue weighted by molar-refractivity contribution is 6.04. The van der Waals surface area contributed by atoms with Gasteiger partial charge in [0.2, 0.25) is 5.78 Å². The zero-order chi connectivity index (χ0) is 23.6. The number of rotatable bonds is 7. The summed E-state index contributed by atoms with van der Waals surface area (Å²) in [5.74, 6) is -6.28. The van der Waals surface area contributed by atoms with Crippen molar-refractivity contribution in [2.45, 2.75) is 59.5 Å². The summed E-state index contributed by atoms with van der Waals surface area (Å²) in [6.45, 7) is 8.19. The highest BCUT2D eigenvalue weighted by Gasteiger charge is 2.44. The van der Waals surface area contributed by atoms with E-state index in [4.69, 9.17) is 0 Å². The third-order valence-corrected chi connectivity index (χ3v) is 4.86. The van der Waals surface area contributed by atoms with Gasteiger partial charge in [-0.1, -0.05) is 33.8 Å². The van der Waals surface area contributed by atoms with Crippen LogP contribution in [0.5, 0.6) is 0 Å². The van der Waals surface area contributed by atoms with Gasteiger partial charge in [-0.3, -0.25) is 9.59 Å². The van der Waals surface area contributed by atoms with Crippen LogP contribution in [0.2, 0.25) is 0 Å². The van der Waals surface area contributed by atoms with Gasteiger partial charge >= 0.3 is 5.92 Å². The third-order valence-electron chi connectivity index (χ3n) is 4.86. The van der Waals surface area contributed by atoms with Crippen LogP contribution in [0.3, 0.4) is 0 Å². The number of aliphatic hydroxyl groups excluding tert-OH is 1. The number of ketones is 1. The summed E-state index contributed by atoms with van der Waals surface area (Å²) >= 11 is 0. The summed E-state index contributed by atoms with van der Waals surface area (Å²) in [6, 6.07) is 7.47. The van der Waals surface area contributed by atoms with Gasteiger partial charge in [0.1, 0.15) is 5.82 Å². The Bertz CT molecular complexity index is 981. The molecule has 2 rings (SSSR count). The number of halogens is 3. The van der Waals surface area contributed by atoms with Gasteiger partial charge in [0, 0.05) is 23.2 Å². The van der Waals surface area contributed by atoms with Crippen LogP contribution < -0.4 is 5.32 Å². The Morgan fingerprint density at radius 1 is 1.10 bits per heavy atom. The quantitative estimate of drug-likeness (QED) is 0.567. The number of benzene rings is 2. The number of carbonyl (C=O) groups excluding carboxylic acids is 2. The standard InChI is InChI=1S/C24H28F3NO3/c1-6-20(29)17-9-7-15(22(31)28-16-8-10-19(25)14(2)11-16)12-18(17)24(26,27)21(30)13-23(3,4)5/h7-12,20,29H,6,13H2,1-5H3,(H,28,31)/t20-/m0/s1. The van der Waals surface area contributed by atoms with Crippen LogP contribution in [0.4, 0.5) is 18.9 Å². The number of Topliss-reactive ketones (excluding diaryl/α,β-unsaturated/α-hetero) is 1. The van der Waals surface area contributed by atoms with Gasteiger partial charge in [-0.2, -0.15) is 8.78 Å². The Labute approximate surface area is 180 Å². The Balaban J connectivity index is 2.46. The molecular weight excluding hydrogens is 407 g/mol. The molecule has 0 unspecified atom stereocenters. The van der Waals surface area contributed by atoms with Crippen molar-refractivity contribution in [3.63, 3.8) is 0 Å². The molecule has 0 aliphatic rings. The molecule has 0 aliphatic carbocycles. The van der Waals surface area contributed by atoms with E-state index < -0.39 is 40.5 Å². The van der Waals surface area contributed by atoms with Gasteiger partial charge in [-0.05, 0) is 60.2 Å². The van der Waals surface area contributed by atoms with Gasteiger partial charge in [0.05, 0.1) is 6.10 Å². The Morgan fingerprint density at radius 2 is 1.74 bits per heavy atom. The molecule has 0 heterocycles. The van der Waals surface area contributed by atoms with Crippen LogP contribution in [-0.2, 0) is 10.7 Å². The van der Waals surface area contributed by atoms with Gasteiger partial charge < -0.3 is 10.4 Å². The molecule has 0 saturated heterocycles. The number of aliphatic hydroxyl groups is 1. The number of hydrogen-bond donors (Lipinski definition) is 2. The first kappa shape index (κ1) is 24.6. The molecule has 0 radical (unpaired) electrons. The van der Waals surface area contributed by atoms with Crippen molar-refractivity contribution in [2.75, 3.05) is 5.32 Å². The average Bonchev–Trinajstić information content (AvgIpc) is 2.68. The molecule has 7 heteroatoms. The Hall–Kier alpha value is -2.67. The predicted octanol–water partition coefficient (Wildman–Crippen LogP) is 5.93. The number of aryl methyl sites for hydroxylation is 1. The fraction of sp³-hybridized carbons (Fsp3) is 0.417. The number of hydrogen-bond acceptors (Lipinski definition) is 3. The van der Waals surface area contributed by atoms with Gasteiger partial charge in [-0.25, -0.2) is 4.39 Å². The lowest BCUT2D eigenvalue weighted by Gasteiger charge is -2.25. The van der Waals surface area contributed by atoms with Crippen molar-refractivity contribution < 1.29 is 27.9 Å². The van der Waals surface area contributed by atoms with E-state index in [0.29, 0.717) is 11.3 Å². The van der Waals surface area contributed by atoms with E-state index in [1.807, 2.05) is 0 Å². The molecule has 0 aliphatic heterocycles. The van der Waals surface area contributed by atoms with Crippen molar-refractivity contribution in [1.82, 2.24) is 0 Å². The van der Waals surface area contributed by atoms with Crippen molar-refractivity contribution >= 4 is 17.4 Å². The maximum Gasteiger partial charge on any atom is 0.330 e. The minimum atomic E-state index is -3.87. The van der Waals surface area contributed by atoms with E-state index in [0.717, 1.165) is 6.07 Å². The van der Waals surface area contributed by atoms with Crippen LogP contribution in [0.1, 0.15) is 73.7 Å². The van der Waals surface area contributed by atoms with E-state index in [9.17, 15) is 19.1 Å². The van der Waals surface area contributed by atoms with Gasteiger partial charge in [0.25, 0.3) is 5.91 Å². The molecule has 0 saturated carbocycles. The first-order valence-electron chi connectivity index (χ1n) is 10.1. The normalized spacial score (nSPS) is 13.1. The minimum Gasteiger partial charge on any atom is -0.388 e. The maximum absolute atomic E-state index is 15.2. The fourth-order valence-electron chi connectivity index (χ4n) is 3.15. The number of alkyl halides is 2. The van der Waals surface area contributed by atoms with Crippen LogP contribution in [0, 0.1) is 18.2 Å². The molecule has 0 aromatic heterocycles. The summed E-state index contributed by atoms with van der Waals surface area (Å²) in [6.07, 6.45) is -1.41. The Morgan fingerprint density at radius 3 is 2.29 bits per heavy atom. The summed E-state index contributed by atoms with van der Waals surface area (Å²) in [4.78, 5) is 25.1. The second-order valence-electron chi connectivity index (χ2n) is 8.88. The number of carbonyl (C=O) groups is 2. The van der Waals surface area contributed by atoms with E-state index >= 15 is 8.78 Å². The molecular formula is C24H28F3NO3. The van der Waals surface area contributed by atoms with Crippen molar-refractivity contribution in [2.24, 2.45) is 5.41 Å². The predicted molar refractivity (Wildman–Crippen MR) is 114 cm³/mol. The first-order chi connectivity index (χ1) is 14.3. The molecule has 0 spiro atoms. The summed E-state index contributed by atoms with van der Waals surface area (Å²) in [7, 11) is 0. The summed E-state index contributed by atoms with van der Waals surface area (Å²) in [5, 5.41) is 12.8. The van der Waals surface area contributed by atoms with Crippen molar-refractivity contribution in [3.05, 3.63) is 64.5 Å². The number of anilines is 1. The van der Waals surface area contributed by atoms with Gasteiger partial charge in [0.15, 0.2) is 0 Å². The second kappa shape index (κ2) is 9.22. The first-order valence-corrected chi connectivity index (χ1v) is 10.1. The molecule has 31 heavy (non-hydrogen) atoms. The highest BCUT2D eigenvalue weighted by atomic mass is 19.3. The van der Waals surface area contributed by atoms with Crippen LogP contribution >= 0.6 is 0 Å². The lowest BCUT2D eigenvalue weighted by molar-refractivity contribution is -0.146. The number of nitrogens with one attached hydrogen (secondary N) is 1. The number of amides is 1. The van der Waals surface area contributed by atoms with Crippen molar-refractivity contribution in [3.8, 4) is 0 Å². The monoisotopic (exact) mass is 435 g/mol. The third kappa shape index (κ3) is 5.94. The molecule has 2 aromatic rings. The molecule has 0 fully saturated rings. The lowest BCUT2D eigenvalue weighted by atomic mass is 9.84. The SMILES string of the molecule is CC[C@H](O)c1ccc(C(=O)Nc2ccc(F)c(C)c2)cc1C(F)(F)C(=O)CC(C)(C)C. The second-order valence-corrected chi connectivity index (χ2v) is 8.88. The zero-order valence-electron chi connectivity index (χ0n) is 18.4. The largest absolute Gasteiger partial charge is 0.388 e. The Kier molecular flexibility index (Phi) is 7.32. The maximum atomic E-state index is 15.2. The molecule has 2 aromatic carbocycles. The zero-order valence-corrected chi connectivity index (χ0v) is 18.4. The van der Waals surface area contributed by atoms with E-state index in [1.165, 1.54) is 37.3 Å². The van der Waals surface area contributed by atoms with Crippen LogP contribution in [0.15, 0.2) is 36.4 Å². The molecule has 4 nitrogen and oxygen atoms in total.